The van der Waals surface area contributed by atoms with Gasteiger partial charge in [0.15, 0.2) is 0 Å². The van der Waals surface area contributed by atoms with Crippen LogP contribution >= 0.6 is 0 Å². The number of piperidine rings is 1. The SMILES string of the molecule is Cc1cc(C)nc(N2CCC(C)CC2)n1. The summed E-state index contributed by atoms with van der Waals surface area (Å²) < 4.78 is 0. The molecule has 15 heavy (non-hydrogen) atoms. The van der Waals surface area contributed by atoms with E-state index in [4.69, 9.17) is 0 Å². The Morgan fingerprint density at radius 1 is 1.13 bits per heavy atom. The van der Waals surface area contributed by atoms with Crippen molar-refractivity contribution < 1.29 is 0 Å². The molecule has 82 valence electrons. The molecule has 0 bridgehead atoms. The third kappa shape index (κ3) is 2.46. The standard InChI is InChI=1S/C12H19N3/c1-9-4-6-15(7-5-9)12-13-10(2)8-11(3)14-12/h8-9H,4-7H2,1-3H3. The zero-order chi connectivity index (χ0) is 10.8. The molecule has 3 nitrogen and oxygen atoms in total. The minimum absolute atomic E-state index is 0.854. The smallest absolute Gasteiger partial charge is 0.225 e. The van der Waals surface area contributed by atoms with E-state index in [1.807, 2.05) is 19.9 Å². The number of hydrogen-bond donors (Lipinski definition) is 0. The summed E-state index contributed by atoms with van der Waals surface area (Å²) in [5, 5.41) is 0. The average Bonchev–Trinajstić information content (AvgIpc) is 2.17. The van der Waals surface area contributed by atoms with Gasteiger partial charge in [0.25, 0.3) is 0 Å². The first-order valence-corrected chi connectivity index (χ1v) is 5.72. The maximum absolute atomic E-state index is 4.50. The number of aryl methyl sites for hydroxylation is 2. The van der Waals surface area contributed by atoms with Gasteiger partial charge in [-0.2, -0.15) is 0 Å². The first-order valence-electron chi connectivity index (χ1n) is 5.72. The van der Waals surface area contributed by atoms with Gasteiger partial charge in [0.2, 0.25) is 5.95 Å². The van der Waals surface area contributed by atoms with Crippen molar-refractivity contribution in [1.29, 1.82) is 0 Å². The zero-order valence-electron chi connectivity index (χ0n) is 9.82. The Morgan fingerprint density at radius 2 is 1.67 bits per heavy atom. The number of anilines is 1. The molecule has 0 atom stereocenters. The highest BCUT2D eigenvalue weighted by Crippen LogP contribution is 2.20. The fourth-order valence-corrected chi connectivity index (χ4v) is 2.06. The molecule has 1 aromatic rings. The molecule has 0 radical (unpaired) electrons. The summed E-state index contributed by atoms with van der Waals surface area (Å²) in [5.74, 6) is 1.77. The lowest BCUT2D eigenvalue weighted by molar-refractivity contribution is 0.434. The summed E-state index contributed by atoms with van der Waals surface area (Å²) in [6, 6.07) is 2.02. The Labute approximate surface area is 91.5 Å². The van der Waals surface area contributed by atoms with Crippen LogP contribution in [0.15, 0.2) is 6.07 Å². The molecule has 0 N–H and O–H groups in total. The molecule has 0 unspecified atom stereocenters. The fourth-order valence-electron chi connectivity index (χ4n) is 2.06. The first kappa shape index (κ1) is 10.4. The molecular formula is C12H19N3. The molecule has 1 aliphatic rings. The maximum atomic E-state index is 4.50. The quantitative estimate of drug-likeness (QED) is 0.704. The second-order valence-corrected chi connectivity index (χ2v) is 4.62. The summed E-state index contributed by atoms with van der Waals surface area (Å²) in [5.41, 5.74) is 2.13. The van der Waals surface area contributed by atoms with Crippen molar-refractivity contribution in [2.24, 2.45) is 5.92 Å². The number of nitrogens with zero attached hydrogens (tertiary/aromatic N) is 3. The number of aromatic nitrogens is 2. The summed E-state index contributed by atoms with van der Waals surface area (Å²) >= 11 is 0. The lowest BCUT2D eigenvalue weighted by Gasteiger charge is -2.30. The Kier molecular flexibility index (Phi) is 2.89. The highest BCUT2D eigenvalue weighted by molar-refractivity contribution is 5.32. The monoisotopic (exact) mass is 205 g/mol. The second-order valence-electron chi connectivity index (χ2n) is 4.62. The van der Waals surface area contributed by atoms with Crippen LogP contribution in [0.1, 0.15) is 31.2 Å². The van der Waals surface area contributed by atoms with Crippen molar-refractivity contribution in [1.82, 2.24) is 9.97 Å². The van der Waals surface area contributed by atoms with E-state index in [9.17, 15) is 0 Å². The Morgan fingerprint density at radius 3 is 2.20 bits per heavy atom. The third-order valence-electron chi connectivity index (χ3n) is 3.04. The van der Waals surface area contributed by atoms with Gasteiger partial charge in [-0.25, -0.2) is 9.97 Å². The van der Waals surface area contributed by atoms with Crippen molar-refractivity contribution in [2.75, 3.05) is 18.0 Å². The second kappa shape index (κ2) is 4.17. The molecule has 2 rings (SSSR count). The van der Waals surface area contributed by atoms with Gasteiger partial charge in [-0.3, -0.25) is 0 Å². The van der Waals surface area contributed by atoms with E-state index in [1.54, 1.807) is 0 Å². The van der Waals surface area contributed by atoms with Crippen molar-refractivity contribution in [3.05, 3.63) is 17.5 Å². The van der Waals surface area contributed by atoms with E-state index >= 15 is 0 Å². The lowest BCUT2D eigenvalue weighted by Crippen LogP contribution is -2.34. The van der Waals surface area contributed by atoms with E-state index in [0.29, 0.717) is 0 Å². The van der Waals surface area contributed by atoms with Crippen LogP contribution in [-0.4, -0.2) is 23.1 Å². The first-order chi connectivity index (χ1) is 7.15. The predicted molar refractivity (Wildman–Crippen MR) is 62.1 cm³/mol. The van der Waals surface area contributed by atoms with E-state index in [-0.39, 0.29) is 0 Å². The molecule has 0 spiro atoms. The largest absolute Gasteiger partial charge is 0.341 e. The molecule has 3 heteroatoms. The van der Waals surface area contributed by atoms with Crippen LogP contribution in [0.3, 0.4) is 0 Å². The van der Waals surface area contributed by atoms with Crippen LogP contribution in [0.2, 0.25) is 0 Å². The van der Waals surface area contributed by atoms with E-state index in [0.717, 1.165) is 36.3 Å². The molecule has 1 saturated heterocycles. The Bertz CT molecular complexity index is 320. The van der Waals surface area contributed by atoms with Crippen LogP contribution in [0, 0.1) is 19.8 Å². The molecule has 1 aromatic heterocycles. The van der Waals surface area contributed by atoms with Crippen molar-refractivity contribution in [2.45, 2.75) is 33.6 Å². The predicted octanol–water partition coefficient (Wildman–Crippen LogP) is 2.33. The summed E-state index contributed by atoms with van der Waals surface area (Å²) in [4.78, 5) is 11.3. The van der Waals surface area contributed by atoms with Gasteiger partial charge in [-0.05, 0) is 38.7 Å². The van der Waals surface area contributed by atoms with Gasteiger partial charge >= 0.3 is 0 Å². The summed E-state index contributed by atoms with van der Waals surface area (Å²) in [6.07, 6.45) is 2.52. The minimum Gasteiger partial charge on any atom is -0.341 e. The van der Waals surface area contributed by atoms with E-state index in [1.165, 1.54) is 12.8 Å². The van der Waals surface area contributed by atoms with E-state index < -0.39 is 0 Å². The highest BCUT2D eigenvalue weighted by Gasteiger charge is 2.18. The zero-order valence-corrected chi connectivity index (χ0v) is 9.82. The molecule has 0 aliphatic carbocycles. The van der Waals surface area contributed by atoms with Gasteiger partial charge in [0.1, 0.15) is 0 Å². The summed E-state index contributed by atoms with van der Waals surface area (Å²) in [7, 11) is 0. The molecule has 0 saturated carbocycles. The van der Waals surface area contributed by atoms with Crippen molar-refractivity contribution in [3.63, 3.8) is 0 Å². The van der Waals surface area contributed by atoms with Crippen molar-refractivity contribution >= 4 is 5.95 Å². The molecule has 2 heterocycles. The lowest BCUT2D eigenvalue weighted by atomic mass is 10.00. The number of rotatable bonds is 1. The van der Waals surface area contributed by atoms with Crippen LogP contribution < -0.4 is 4.90 Å². The highest BCUT2D eigenvalue weighted by atomic mass is 15.3. The van der Waals surface area contributed by atoms with Crippen LogP contribution in [0.25, 0.3) is 0 Å². The van der Waals surface area contributed by atoms with Gasteiger partial charge in [0.05, 0.1) is 0 Å². The maximum Gasteiger partial charge on any atom is 0.225 e. The van der Waals surface area contributed by atoms with Gasteiger partial charge < -0.3 is 4.90 Å². The molecule has 0 amide bonds. The molecule has 0 aromatic carbocycles. The van der Waals surface area contributed by atoms with Crippen LogP contribution in [-0.2, 0) is 0 Å². The van der Waals surface area contributed by atoms with Crippen molar-refractivity contribution in [3.8, 4) is 0 Å². The topological polar surface area (TPSA) is 29.0 Å². The molecule has 1 aliphatic heterocycles. The number of hydrogen-bond acceptors (Lipinski definition) is 3. The van der Waals surface area contributed by atoms with Crippen LogP contribution in [0.5, 0.6) is 0 Å². The average molecular weight is 205 g/mol. The third-order valence-corrected chi connectivity index (χ3v) is 3.04. The Hall–Kier alpha value is -1.12. The van der Waals surface area contributed by atoms with Crippen LogP contribution in [0.4, 0.5) is 5.95 Å². The van der Waals surface area contributed by atoms with Gasteiger partial charge in [-0.15, -0.1) is 0 Å². The fraction of sp³-hybridized carbons (Fsp3) is 0.667. The van der Waals surface area contributed by atoms with E-state index in [2.05, 4.69) is 21.8 Å². The normalized spacial score (nSPS) is 18.2. The van der Waals surface area contributed by atoms with Gasteiger partial charge in [-0.1, -0.05) is 6.92 Å². The van der Waals surface area contributed by atoms with Gasteiger partial charge in [0, 0.05) is 24.5 Å². The Balaban J connectivity index is 2.15. The summed E-state index contributed by atoms with van der Waals surface area (Å²) in [6.45, 7) is 8.59. The molecule has 1 fully saturated rings. The minimum atomic E-state index is 0.854. The molecular weight excluding hydrogens is 186 g/mol.